The van der Waals surface area contributed by atoms with Gasteiger partial charge in [-0.3, -0.25) is 14.5 Å². The van der Waals surface area contributed by atoms with Gasteiger partial charge in [0, 0.05) is 36.4 Å². The second-order valence-corrected chi connectivity index (χ2v) is 11.6. The molecule has 41 heavy (non-hydrogen) atoms. The maximum Gasteiger partial charge on any atom is 0.257 e. The van der Waals surface area contributed by atoms with E-state index in [-0.39, 0.29) is 11.5 Å². The zero-order valence-corrected chi connectivity index (χ0v) is 24.6. The first-order valence-corrected chi connectivity index (χ1v) is 14.6. The SMILES string of the molecule is Cc1ccc(NC(=O)[C@H]2CCCN(C(=O)c3c(C)cccc3F)[C@H]2c2ccc(CN3CCOC[C@@H]3C)cc2)cc1Cl. The summed E-state index contributed by atoms with van der Waals surface area (Å²) in [5, 5.41) is 3.59. The molecule has 2 heterocycles. The minimum atomic E-state index is -0.551. The van der Waals surface area contributed by atoms with Gasteiger partial charge in [-0.05, 0) is 74.1 Å². The van der Waals surface area contributed by atoms with Gasteiger partial charge in [0.25, 0.3) is 5.91 Å². The standard InChI is InChI=1S/C33H37ClFN3O3/c1-21-9-14-26(18-28(21)34)36-32(39)27-7-5-15-38(33(40)30-22(2)6-4-8-29(30)35)31(27)25-12-10-24(11-13-25)19-37-16-17-41-20-23(37)3/h4,6,8-14,18,23,27,31H,5,7,15-17,19-20H2,1-3H3,(H,36,39)/t23-,27-,31-/m0/s1. The summed E-state index contributed by atoms with van der Waals surface area (Å²) in [6.45, 7) is 9.35. The zero-order valence-electron chi connectivity index (χ0n) is 23.8. The molecule has 3 aromatic rings. The number of aryl methyl sites for hydroxylation is 2. The summed E-state index contributed by atoms with van der Waals surface area (Å²) in [7, 11) is 0. The van der Waals surface area contributed by atoms with Crippen molar-refractivity contribution in [2.75, 3.05) is 31.6 Å². The normalized spacial score (nSPS) is 21.5. The molecule has 2 fully saturated rings. The molecule has 8 heteroatoms. The van der Waals surface area contributed by atoms with Crippen molar-refractivity contribution >= 4 is 29.1 Å². The van der Waals surface area contributed by atoms with E-state index in [1.54, 1.807) is 30.0 Å². The van der Waals surface area contributed by atoms with Crippen molar-refractivity contribution in [1.82, 2.24) is 9.80 Å². The second-order valence-electron chi connectivity index (χ2n) is 11.2. The van der Waals surface area contributed by atoms with Crippen LogP contribution in [0, 0.1) is 25.6 Å². The molecule has 6 nitrogen and oxygen atoms in total. The Labute approximate surface area is 246 Å². The average Bonchev–Trinajstić information content (AvgIpc) is 2.96. The third-order valence-corrected chi connectivity index (χ3v) is 8.72. The molecule has 2 amide bonds. The average molecular weight is 578 g/mol. The Morgan fingerprint density at radius 1 is 1.05 bits per heavy atom. The molecular weight excluding hydrogens is 541 g/mol. The number of amides is 2. The number of likely N-dealkylation sites (tertiary alicyclic amines) is 1. The fourth-order valence-corrected chi connectivity index (χ4v) is 6.09. The van der Waals surface area contributed by atoms with Crippen LogP contribution in [0.2, 0.25) is 5.02 Å². The van der Waals surface area contributed by atoms with E-state index < -0.39 is 23.7 Å². The van der Waals surface area contributed by atoms with Crippen LogP contribution in [0.4, 0.5) is 10.1 Å². The molecule has 5 rings (SSSR count). The van der Waals surface area contributed by atoms with Gasteiger partial charge in [-0.25, -0.2) is 4.39 Å². The first kappa shape index (κ1) is 29.2. The van der Waals surface area contributed by atoms with E-state index in [1.807, 2.05) is 31.2 Å². The van der Waals surface area contributed by atoms with E-state index in [1.165, 1.54) is 6.07 Å². The van der Waals surface area contributed by atoms with E-state index in [2.05, 4.69) is 29.3 Å². The summed E-state index contributed by atoms with van der Waals surface area (Å²) in [6.07, 6.45) is 1.23. The van der Waals surface area contributed by atoms with E-state index >= 15 is 0 Å². The smallest absolute Gasteiger partial charge is 0.257 e. The van der Waals surface area contributed by atoms with Crippen LogP contribution in [0.1, 0.15) is 58.4 Å². The first-order valence-electron chi connectivity index (χ1n) is 14.3. The molecule has 1 N–H and O–H groups in total. The van der Waals surface area contributed by atoms with Crippen molar-refractivity contribution in [1.29, 1.82) is 0 Å². The summed E-state index contributed by atoms with van der Waals surface area (Å²) in [5.74, 6) is -1.66. The Kier molecular flexibility index (Phi) is 9.07. The molecule has 216 valence electrons. The fraction of sp³-hybridized carbons (Fsp3) is 0.394. The quantitative estimate of drug-likeness (QED) is 0.361. The lowest BCUT2D eigenvalue weighted by molar-refractivity contribution is -0.123. The van der Waals surface area contributed by atoms with E-state index in [0.29, 0.717) is 41.7 Å². The summed E-state index contributed by atoms with van der Waals surface area (Å²) in [4.78, 5) is 31.8. The van der Waals surface area contributed by atoms with E-state index in [9.17, 15) is 14.0 Å². The van der Waals surface area contributed by atoms with Gasteiger partial charge in [0.2, 0.25) is 5.91 Å². The highest BCUT2D eigenvalue weighted by Crippen LogP contribution is 2.39. The minimum absolute atomic E-state index is 0.0572. The maximum absolute atomic E-state index is 15.0. The number of hydrogen-bond donors (Lipinski definition) is 1. The number of nitrogens with one attached hydrogen (secondary N) is 1. The third-order valence-electron chi connectivity index (χ3n) is 8.32. The zero-order chi connectivity index (χ0) is 29.1. The van der Waals surface area contributed by atoms with Gasteiger partial charge in [-0.1, -0.05) is 54.1 Å². The molecule has 2 saturated heterocycles. The lowest BCUT2D eigenvalue weighted by atomic mass is 9.83. The number of rotatable bonds is 6. The van der Waals surface area contributed by atoms with Crippen LogP contribution < -0.4 is 5.32 Å². The number of hydrogen-bond acceptors (Lipinski definition) is 4. The highest BCUT2D eigenvalue weighted by Gasteiger charge is 2.40. The van der Waals surface area contributed by atoms with Crippen LogP contribution in [0.5, 0.6) is 0 Å². The number of carbonyl (C=O) groups is 2. The van der Waals surface area contributed by atoms with Gasteiger partial charge in [-0.2, -0.15) is 0 Å². The van der Waals surface area contributed by atoms with Gasteiger partial charge in [0.15, 0.2) is 0 Å². The molecule has 2 aliphatic heterocycles. The molecule has 0 aliphatic carbocycles. The highest BCUT2D eigenvalue weighted by atomic mass is 35.5. The van der Waals surface area contributed by atoms with Gasteiger partial charge >= 0.3 is 0 Å². The number of carbonyl (C=O) groups excluding carboxylic acids is 2. The summed E-state index contributed by atoms with van der Waals surface area (Å²) in [6, 6.07) is 18.0. The predicted octanol–water partition coefficient (Wildman–Crippen LogP) is 6.55. The van der Waals surface area contributed by atoms with Crippen molar-refractivity contribution in [2.24, 2.45) is 5.92 Å². The maximum atomic E-state index is 15.0. The molecule has 0 radical (unpaired) electrons. The molecule has 0 spiro atoms. The topological polar surface area (TPSA) is 61.9 Å². The summed E-state index contributed by atoms with van der Waals surface area (Å²) in [5.41, 5.74) is 4.16. The Morgan fingerprint density at radius 2 is 1.83 bits per heavy atom. The van der Waals surface area contributed by atoms with Crippen LogP contribution in [0.25, 0.3) is 0 Å². The van der Waals surface area contributed by atoms with Crippen molar-refractivity contribution < 1.29 is 18.7 Å². The van der Waals surface area contributed by atoms with Crippen molar-refractivity contribution in [3.05, 3.63) is 99.3 Å². The number of nitrogens with zero attached hydrogens (tertiary/aromatic N) is 2. The highest BCUT2D eigenvalue weighted by molar-refractivity contribution is 6.31. The van der Waals surface area contributed by atoms with Crippen molar-refractivity contribution in [3.63, 3.8) is 0 Å². The third kappa shape index (κ3) is 6.48. The Morgan fingerprint density at radius 3 is 2.54 bits per heavy atom. The largest absolute Gasteiger partial charge is 0.379 e. The van der Waals surface area contributed by atoms with Gasteiger partial charge in [0.05, 0.1) is 30.7 Å². The Hall–Kier alpha value is -3.26. The molecular formula is C33H37ClFN3O3. The lowest BCUT2D eigenvalue weighted by Crippen LogP contribution is -2.46. The Balaban J connectivity index is 1.46. The number of halogens is 2. The number of morpholine rings is 1. The monoisotopic (exact) mass is 577 g/mol. The fourth-order valence-electron chi connectivity index (χ4n) is 5.91. The first-order chi connectivity index (χ1) is 19.7. The molecule has 2 aliphatic rings. The number of piperidine rings is 1. The molecule has 0 saturated carbocycles. The number of anilines is 1. The molecule has 3 atom stereocenters. The lowest BCUT2D eigenvalue weighted by Gasteiger charge is -2.41. The van der Waals surface area contributed by atoms with Gasteiger partial charge < -0.3 is 15.0 Å². The minimum Gasteiger partial charge on any atom is -0.379 e. The van der Waals surface area contributed by atoms with E-state index in [4.69, 9.17) is 16.3 Å². The van der Waals surface area contributed by atoms with Crippen LogP contribution >= 0.6 is 11.6 Å². The summed E-state index contributed by atoms with van der Waals surface area (Å²) < 4.78 is 20.5. The van der Waals surface area contributed by atoms with Crippen molar-refractivity contribution in [3.8, 4) is 0 Å². The van der Waals surface area contributed by atoms with Gasteiger partial charge in [0.1, 0.15) is 5.82 Å². The van der Waals surface area contributed by atoms with Crippen LogP contribution in [0.15, 0.2) is 60.7 Å². The number of benzene rings is 3. The molecule has 3 aromatic carbocycles. The van der Waals surface area contributed by atoms with Gasteiger partial charge in [-0.15, -0.1) is 0 Å². The predicted molar refractivity (Wildman–Crippen MR) is 160 cm³/mol. The van der Waals surface area contributed by atoms with Crippen LogP contribution in [-0.4, -0.2) is 54.0 Å². The second kappa shape index (κ2) is 12.7. The van der Waals surface area contributed by atoms with Crippen LogP contribution in [0.3, 0.4) is 0 Å². The molecule has 0 unspecified atom stereocenters. The van der Waals surface area contributed by atoms with E-state index in [0.717, 1.165) is 43.0 Å². The number of ether oxygens (including phenoxy) is 1. The molecule has 0 bridgehead atoms. The Bertz CT molecular complexity index is 1390. The van der Waals surface area contributed by atoms with Crippen molar-refractivity contribution in [2.45, 2.75) is 52.2 Å². The summed E-state index contributed by atoms with van der Waals surface area (Å²) >= 11 is 6.31. The van der Waals surface area contributed by atoms with Crippen LogP contribution in [-0.2, 0) is 16.1 Å². The molecule has 0 aromatic heterocycles.